The Morgan fingerprint density at radius 3 is 2.83 bits per heavy atom. The van der Waals surface area contributed by atoms with E-state index in [4.69, 9.17) is 0 Å². The fourth-order valence-corrected chi connectivity index (χ4v) is 3.39. The van der Waals surface area contributed by atoms with Gasteiger partial charge in [-0.1, -0.05) is 30.0 Å². The molecule has 0 saturated heterocycles. The van der Waals surface area contributed by atoms with Crippen LogP contribution in [0.1, 0.15) is 12.5 Å². The maximum atomic E-state index is 13.8. The van der Waals surface area contributed by atoms with E-state index in [2.05, 4.69) is 14.9 Å². The van der Waals surface area contributed by atoms with Gasteiger partial charge in [0.05, 0.1) is 22.5 Å². The summed E-state index contributed by atoms with van der Waals surface area (Å²) < 4.78 is 15.9. The van der Waals surface area contributed by atoms with Crippen molar-refractivity contribution in [1.82, 2.24) is 9.55 Å². The molecular weight excluding hydrogens is 325 g/mol. The Morgan fingerprint density at radius 1 is 1.29 bits per heavy atom. The van der Waals surface area contributed by atoms with Gasteiger partial charge in [-0.25, -0.2) is 9.37 Å². The molecule has 0 radical (unpaired) electrons. The molecule has 1 heterocycles. The molecule has 0 saturated carbocycles. The van der Waals surface area contributed by atoms with Gasteiger partial charge in [-0.3, -0.25) is 4.79 Å². The standard InChI is InChI=1S/C18H18FN3OS/c1-3-22-16-7-5-4-6-15(16)21-18(22)24-11-17(23)20-14-9-8-12(2)10-13(14)19/h4-10H,3,11H2,1-2H3,(H,20,23). The van der Waals surface area contributed by atoms with Crippen molar-refractivity contribution in [3.63, 3.8) is 0 Å². The first-order chi connectivity index (χ1) is 11.6. The molecule has 0 unspecified atom stereocenters. The van der Waals surface area contributed by atoms with Crippen molar-refractivity contribution in [2.75, 3.05) is 11.1 Å². The summed E-state index contributed by atoms with van der Waals surface area (Å²) in [7, 11) is 0. The number of carbonyl (C=O) groups is 1. The molecule has 0 spiro atoms. The number of amides is 1. The number of aryl methyl sites for hydroxylation is 2. The lowest BCUT2D eigenvalue weighted by Crippen LogP contribution is -2.15. The zero-order valence-electron chi connectivity index (χ0n) is 13.5. The van der Waals surface area contributed by atoms with Crippen molar-refractivity contribution in [3.8, 4) is 0 Å². The molecule has 0 aliphatic carbocycles. The average Bonchev–Trinajstić information content (AvgIpc) is 2.93. The third-order valence-electron chi connectivity index (χ3n) is 3.67. The zero-order chi connectivity index (χ0) is 17.1. The lowest BCUT2D eigenvalue weighted by molar-refractivity contribution is -0.113. The van der Waals surface area contributed by atoms with Gasteiger partial charge in [0.15, 0.2) is 5.16 Å². The molecule has 3 rings (SSSR count). The number of aromatic nitrogens is 2. The van der Waals surface area contributed by atoms with Crippen LogP contribution in [0.2, 0.25) is 0 Å². The number of nitrogens with one attached hydrogen (secondary N) is 1. The summed E-state index contributed by atoms with van der Waals surface area (Å²) >= 11 is 1.35. The number of hydrogen-bond donors (Lipinski definition) is 1. The maximum Gasteiger partial charge on any atom is 0.234 e. The quantitative estimate of drug-likeness (QED) is 0.705. The Kier molecular flexibility index (Phi) is 4.85. The second-order valence-corrected chi connectivity index (χ2v) is 6.39. The smallest absolute Gasteiger partial charge is 0.234 e. The number of anilines is 1. The molecule has 3 aromatic rings. The number of nitrogens with zero attached hydrogens (tertiary/aromatic N) is 2. The number of thioether (sulfide) groups is 1. The topological polar surface area (TPSA) is 46.9 Å². The number of para-hydroxylation sites is 2. The minimum absolute atomic E-state index is 0.177. The van der Waals surface area contributed by atoms with Gasteiger partial charge in [-0.2, -0.15) is 0 Å². The summed E-state index contributed by atoms with van der Waals surface area (Å²) in [6.07, 6.45) is 0. The van der Waals surface area contributed by atoms with E-state index in [9.17, 15) is 9.18 Å². The van der Waals surface area contributed by atoms with Crippen molar-refractivity contribution in [2.24, 2.45) is 0 Å². The maximum absolute atomic E-state index is 13.8. The molecular formula is C18H18FN3OS. The fraction of sp³-hybridized carbons (Fsp3) is 0.222. The number of carbonyl (C=O) groups excluding carboxylic acids is 1. The van der Waals surface area contributed by atoms with Crippen LogP contribution in [0.25, 0.3) is 11.0 Å². The van der Waals surface area contributed by atoms with Crippen molar-refractivity contribution in [2.45, 2.75) is 25.5 Å². The first-order valence-electron chi connectivity index (χ1n) is 7.72. The van der Waals surface area contributed by atoms with Crippen LogP contribution in [0, 0.1) is 12.7 Å². The molecule has 4 nitrogen and oxygen atoms in total. The molecule has 0 fully saturated rings. The number of imidazole rings is 1. The Bertz CT molecular complexity index is 891. The highest BCUT2D eigenvalue weighted by Crippen LogP contribution is 2.24. The first kappa shape index (κ1) is 16.5. The summed E-state index contributed by atoms with van der Waals surface area (Å²) in [4.78, 5) is 16.7. The Labute approximate surface area is 144 Å². The summed E-state index contributed by atoms with van der Waals surface area (Å²) in [5.74, 6) is -0.497. The number of benzene rings is 2. The van der Waals surface area contributed by atoms with Crippen molar-refractivity contribution < 1.29 is 9.18 Å². The zero-order valence-corrected chi connectivity index (χ0v) is 14.4. The van der Waals surface area contributed by atoms with E-state index < -0.39 is 5.82 Å². The molecule has 0 bridgehead atoms. The molecule has 124 valence electrons. The lowest BCUT2D eigenvalue weighted by Gasteiger charge is -2.08. The third-order valence-corrected chi connectivity index (χ3v) is 4.64. The summed E-state index contributed by atoms with van der Waals surface area (Å²) in [6, 6.07) is 12.6. The largest absolute Gasteiger partial charge is 0.323 e. The molecule has 0 atom stereocenters. The number of rotatable bonds is 5. The summed E-state index contributed by atoms with van der Waals surface area (Å²) in [5.41, 5.74) is 2.98. The van der Waals surface area contributed by atoms with E-state index >= 15 is 0 Å². The molecule has 1 amide bonds. The van der Waals surface area contributed by atoms with E-state index in [0.717, 1.165) is 28.3 Å². The van der Waals surface area contributed by atoms with Gasteiger partial charge in [0.1, 0.15) is 5.82 Å². The summed E-state index contributed by atoms with van der Waals surface area (Å²) in [6.45, 7) is 4.62. The Hall–Kier alpha value is -2.34. The van der Waals surface area contributed by atoms with E-state index in [-0.39, 0.29) is 17.3 Å². The van der Waals surface area contributed by atoms with Crippen LogP contribution < -0.4 is 5.32 Å². The van der Waals surface area contributed by atoms with E-state index in [1.807, 2.05) is 31.2 Å². The second-order valence-electron chi connectivity index (χ2n) is 5.45. The van der Waals surface area contributed by atoms with Crippen molar-refractivity contribution in [1.29, 1.82) is 0 Å². The summed E-state index contributed by atoms with van der Waals surface area (Å²) in [5, 5.41) is 3.40. The minimum Gasteiger partial charge on any atom is -0.323 e. The van der Waals surface area contributed by atoms with Gasteiger partial charge < -0.3 is 9.88 Å². The molecule has 6 heteroatoms. The van der Waals surface area contributed by atoms with Crippen LogP contribution in [0.3, 0.4) is 0 Å². The highest BCUT2D eigenvalue weighted by Gasteiger charge is 2.13. The van der Waals surface area contributed by atoms with Crippen molar-refractivity contribution >= 4 is 34.4 Å². The Morgan fingerprint density at radius 2 is 2.08 bits per heavy atom. The molecule has 2 aromatic carbocycles. The van der Waals surface area contributed by atoms with Gasteiger partial charge in [0.25, 0.3) is 0 Å². The van der Waals surface area contributed by atoms with Gasteiger partial charge in [-0.05, 0) is 43.7 Å². The Balaban J connectivity index is 1.70. The predicted octanol–water partition coefficient (Wildman–Crippen LogP) is 4.23. The van der Waals surface area contributed by atoms with Crippen LogP contribution in [0.4, 0.5) is 10.1 Å². The lowest BCUT2D eigenvalue weighted by atomic mass is 10.2. The van der Waals surface area contributed by atoms with Crippen LogP contribution >= 0.6 is 11.8 Å². The molecule has 0 aliphatic heterocycles. The van der Waals surface area contributed by atoms with E-state index in [1.165, 1.54) is 17.8 Å². The minimum atomic E-state index is -0.422. The fourth-order valence-electron chi connectivity index (χ4n) is 2.51. The highest BCUT2D eigenvalue weighted by molar-refractivity contribution is 7.99. The SMILES string of the molecule is CCn1c(SCC(=O)Nc2ccc(C)cc2F)nc2ccccc21. The number of halogens is 1. The molecule has 0 aliphatic rings. The normalized spacial score (nSPS) is 11.0. The molecule has 1 N–H and O–H groups in total. The molecule has 1 aromatic heterocycles. The van der Waals surface area contributed by atoms with Crippen LogP contribution in [-0.2, 0) is 11.3 Å². The van der Waals surface area contributed by atoms with Crippen LogP contribution in [-0.4, -0.2) is 21.2 Å². The van der Waals surface area contributed by atoms with E-state index in [0.29, 0.717) is 0 Å². The number of fused-ring (bicyclic) bond motifs is 1. The van der Waals surface area contributed by atoms with Crippen LogP contribution in [0.5, 0.6) is 0 Å². The predicted molar refractivity (Wildman–Crippen MR) is 95.9 cm³/mol. The van der Waals surface area contributed by atoms with Gasteiger partial charge in [-0.15, -0.1) is 0 Å². The number of hydrogen-bond acceptors (Lipinski definition) is 3. The van der Waals surface area contributed by atoms with Gasteiger partial charge in [0, 0.05) is 6.54 Å². The third kappa shape index (κ3) is 3.43. The van der Waals surface area contributed by atoms with Gasteiger partial charge >= 0.3 is 0 Å². The average molecular weight is 343 g/mol. The molecule has 24 heavy (non-hydrogen) atoms. The van der Waals surface area contributed by atoms with E-state index in [1.54, 1.807) is 19.1 Å². The van der Waals surface area contributed by atoms with Crippen molar-refractivity contribution in [3.05, 3.63) is 53.8 Å². The first-order valence-corrected chi connectivity index (χ1v) is 8.71. The second kappa shape index (κ2) is 7.05. The van der Waals surface area contributed by atoms with Gasteiger partial charge in [0.2, 0.25) is 5.91 Å². The van der Waals surface area contributed by atoms with Crippen LogP contribution in [0.15, 0.2) is 47.6 Å². The highest BCUT2D eigenvalue weighted by atomic mass is 32.2. The monoisotopic (exact) mass is 343 g/mol.